The number of benzene rings is 1. The highest BCUT2D eigenvalue weighted by molar-refractivity contribution is 7.12. The van der Waals surface area contributed by atoms with Gasteiger partial charge in [-0.3, -0.25) is 4.79 Å². The molecule has 3 rings (SSSR count). The molecular formula is C17H20N2OS. The summed E-state index contributed by atoms with van der Waals surface area (Å²) in [6, 6.07) is 10.3. The van der Waals surface area contributed by atoms with Gasteiger partial charge in [0.25, 0.3) is 5.91 Å². The fraction of sp³-hybridized carbons (Fsp3) is 0.353. The van der Waals surface area contributed by atoms with Gasteiger partial charge in [0.05, 0.1) is 4.88 Å². The fourth-order valence-corrected chi connectivity index (χ4v) is 4.00. The van der Waals surface area contributed by atoms with E-state index in [0.717, 1.165) is 35.5 Å². The summed E-state index contributed by atoms with van der Waals surface area (Å²) in [5, 5.41) is 2.01. The summed E-state index contributed by atoms with van der Waals surface area (Å²) in [6.45, 7) is 3.49. The van der Waals surface area contributed by atoms with E-state index in [1.165, 1.54) is 5.56 Å². The summed E-state index contributed by atoms with van der Waals surface area (Å²) in [4.78, 5) is 15.7. The van der Waals surface area contributed by atoms with Crippen LogP contribution in [-0.4, -0.2) is 19.0 Å². The molecule has 2 aromatic rings. The maximum absolute atomic E-state index is 12.9. The highest BCUT2D eigenvalue weighted by Crippen LogP contribution is 2.39. The number of nitrogens with zero attached hydrogens (tertiary/aromatic N) is 1. The minimum Gasteiger partial charge on any atom is -0.330 e. The van der Waals surface area contributed by atoms with Gasteiger partial charge < -0.3 is 10.6 Å². The second kappa shape index (κ2) is 6.00. The van der Waals surface area contributed by atoms with Gasteiger partial charge >= 0.3 is 0 Å². The number of thiophene rings is 1. The van der Waals surface area contributed by atoms with Crippen molar-refractivity contribution in [3.63, 3.8) is 0 Å². The van der Waals surface area contributed by atoms with Gasteiger partial charge in [-0.15, -0.1) is 11.3 Å². The molecule has 1 atom stereocenters. The minimum absolute atomic E-state index is 0.133. The largest absolute Gasteiger partial charge is 0.330 e. The van der Waals surface area contributed by atoms with Crippen LogP contribution in [0.1, 0.15) is 40.1 Å². The van der Waals surface area contributed by atoms with Crippen molar-refractivity contribution in [2.45, 2.75) is 25.7 Å². The molecular weight excluding hydrogens is 280 g/mol. The Kier molecular flexibility index (Phi) is 4.08. The van der Waals surface area contributed by atoms with Gasteiger partial charge in [0.2, 0.25) is 0 Å². The average Bonchev–Trinajstić information content (AvgIpc) is 3.12. The standard InChI is InChI=1S/C17H20N2OS/c1-2-12-8-10-21-16(12)17(20)19-11-13(7-9-18)14-5-3-4-6-15(14)19/h3-6,8,10,13H,2,7,9,11,18H2,1H3. The van der Waals surface area contributed by atoms with Gasteiger partial charge in [-0.1, -0.05) is 25.1 Å². The van der Waals surface area contributed by atoms with Crippen molar-refractivity contribution in [2.24, 2.45) is 5.73 Å². The topological polar surface area (TPSA) is 46.3 Å². The van der Waals surface area contributed by atoms with Crippen molar-refractivity contribution in [3.8, 4) is 0 Å². The lowest BCUT2D eigenvalue weighted by Gasteiger charge is -2.18. The van der Waals surface area contributed by atoms with Gasteiger partial charge in [-0.05, 0) is 48.0 Å². The van der Waals surface area contributed by atoms with Crippen molar-refractivity contribution in [1.29, 1.82) is 0 Å². The van der Waals surface area contributed by atoms with Gasteiger partial charge in [0, 0.05) is 18.2 Å². The van der Waals surface area contributed by atoms with Crippen LogP contribution < -0.4 is 10.6 Å². The lowest BCUT2D eigenvalue weighted by Crippen LogP contribution is -2.30. The molecule has 2 heterocycles. The highest BCUT2D eigenvalue weighted by Gasteiger charge is 2.33. The Balaban J connectivity index is 1.95. The van der Waals surface area contributed by atoms with E-state index in [2.05, 4.69) is 19.1 Å². The Morgan fingerprint density at radius 2 is 2.19 bits per heavy atom. The molecule has 3 nitrogen and oxygen atoms in total. The summed E-state index contributed by atoms with van der Waals surface area (Å²) in [6.07, 6.45) is 1.82. The van der Waals surface area contributed by atoms with E-state index < -0.39 is 0 Å². The van der Waals surface area contributed by atoms with Crippen LogP contribution in [0.25, 0.3) is 0 Å². The van der Waals surface area contributed by atoms with Crippen LogP contribution in [0, 0.1) is 0 Å². The minimum atomic E-state index is 0.133. The summed E-state index contributed by atoms with van der Waals surface area (Å²) in [5.74, 6) is 0.494. The summed E-state index contributed by atoms with van der Waals surface area (Å²) in [7, 11) is 0. The first-order valence-electron chi connectivity index (χ1n) is 7.43. The number of amides is 1. The number of hydrogen-bond donors (Lipinski definition) is 1. The molecule has 0 spiro atoms. The summed E-state index contributed by atoms with van der Waals surface area (Å²) >= 11 is 1.54. The highest BCUT2D eigenvalue weighted by atomic mass is 32.1. The number of carbonyl (C=O) groups excluding carboxylic acids is 1. The molecule has 0 fully saturated rings. The van der Waals surface area contributed by atoms with Gasteiger partial charge in [0.15, 0.2) is 0 Å². The Morgan fingerprint density at radius 1 is 1.38 bits per heavy atom. The van der Waals surface area contributed by atoms with E-state index in [0.29, 0.717) is 12.5 Å². The molecule has 0 radical (unpaired) electrons. The third-order valence-electron chi connectivity index (χ3n) is 4.15. The number of para-hydroxylation sites is 1. The number of hydrogen-bond acceptors (Lipinski definition) is 3. The quantitative estimate of drug-likeness (QED) is 0.940. The van der Waals surface area contributed by atoms with E-state index in [1.807, 2.05) is 28.5 Å². The molecule has 1 aliphatic rings. The number of carbonyl (C=O) groups is 1. The molecule has 2 N–H and O–H groups in total. The van der Waals surface area contributed by atoms with E-state index in [-0.39, 0.29) is 5.91 Å². The SMILES string of the molecule is CCc1ccsc1C(=O)N1CC(CCN)c2ccccc21. The molecule has 1 aromatic carbocycles. The van der Waals surface area contributed by atoms with Crippen LogP contribution in [-0.2, 0) is 6.42 Å². The van der Waals surface area contributed by atoms with Crippen molar-refractivity contribution >= 4 is 22.9 Å². The third-order valence-corrected chi connectivity index (χ3v) is 5.10. The molecule has 21 heavy (non-hydrogen) atoms. The zero-order valence-electron chi connectivity index (χ0n) is 12.2. The first kappa shape index (κ1) is 14.3. The average molecular weight is 300 g/mol. The van der Waals surface area contributed by atoms with Gasteiger partial charge in [-0.2, -0.15) is 0 Å². The Hall–Kier alpha value is -1.65. The Bertz CT molecular complexity index is 650. The molecule has 110 valence electrons. The number of nitrogens with two attached hydrogens (primary N) is 1. The molecule has 1 aliphatic heterocycles. The molecule has 1 unspecified atom stereocenters. The van der Waals surface area contributed by atoms with Crippen LogP contribution in [0.4, 0.5) is 5.69 Å². The molecule has 4 heteroatoms. The van der Waals surface area contributed by atoms with Crippen LogP contribution in [0.15, 0.2) is 35.7 Å². The predicted octanol–water partition coefficient (Wildman–Crippen LogP) is 3.40. The van der Waals surface area contributed by atoms with E-state index in [1.54, 1.807) is 11.3 Å². The summed E-state index contributed by atoms with van der Waals surface area (Å²) in [5.41, 5.74) is 9.18. The Labute approximate surface area is 129 Å². The maximum Gasteiger partial charge on any atom is 0.268 e. The van der Waals surface area contributed by atoms with Crippen molar-refractivity contribution in [2.75, 3.05) is 18.0 Å². The molecule has 0 aliphatic carbocycles. The third kappa shape index (κ3) is 2.49. The number of fused-ring (bicyclic) bond motifs is 1. The molecule has 0 saturated heterocycles. The van der Waals surface area contributed by atoms with E-state index in [4.69, 9.17) is 5.73 Å². The second-order valence-electron chi connectivity index (χ2n) is 5.38. The number of rotatable bonds is 4. The fourth-order valence-electron chi connectivity index (χ4n) is 3.06. The smallest absolute Gasteiger partial charge is 0.268 e. The lowest BCUT2D eigenvalue weighted by atomic mass is 9.98. The van der Waals surface area contributed by atoms with Crippen molar-refractivity contribution in [1.82, 2.24) is 0 Å². The van der Waals surface area contributed by atoms with Gasteiger partial charge in [0.1, 0.15) is 0 Å². The molecule has 1 aromatic heterocycles. The van der Waals surface area contributed by atoms with Crippen LogP contribution in [0.3, 0.4) is 0 Å². The maximum atomic E-state index is 12.9. The van der Waals surface area contributed by atoms with E-state index in [9.17, 15) is 4.79 Å². The normalized spacial score (nSPS) is 17.0. The van der Waals surface area contributed by atoms with E-state index >= 15 is 0 Å². The monoisotopic (exact) mass is 300 g/mol. The first-order valence-corrected chi connectivity index (χ1v) is 8.31. The predicted molar refractivity (Wildman–Crippen MR) is 88.2 cm³/mol. The Morgan fingerprint density at radius 3 is 2.95 bits per heavy atom. The second-order valence-corrected chi connectivity index (χ2v) is 6.29. The molecule has 0 bridgehead atoms. The lowest BCUT2D eigenvalue weighted by molar-refractivity contribution is 0.0991. The van der Waals surface area contributed by atoms with Gasteiger partial charge in [-0.25, -0.2) is 0 Å². The summed E-state index contributed by atoms with van der Waals surface area (Å²) < 4.78 is 0. The zero-order valence-corrected chi connectivity index (χ0v) is 13.0. The van der Waals surface area contributed by atoms with Crippen molar-refractivity contribution < 1.29 is 4.79 Å². The van der Waals surface area contributed by atoms with Crippen LogP contribution >= 0.6 is 11.3 Å². The van der Waals surface area contributed by atoms with Crippen LogP contribution in [0.5, 0.6) is 0 Å². The van der Waals surface area contributed by atoms with Crippen molar-refractivity contribution in [3.05, 3.63) is 51.7 Å². The molecule has 0 saturated carbocycles. The number of anilines is 1. The van der Waals surface area contributed by atoms with Crippen LogP contribution in [0.2, 0.25) is 0 Å². The zero-order chi connectivity index (χ0) is 14.8. The first-order chi connectivity index (χ1) is 10.3. The molecule has 1 amide bonds. The number of aryl methyl sites for hydroxylation is 1.